The molecule has 2 rings (SSSR count). The first kappa shape index (κ1) is 10.6. The van der Waals surface area contributed by atoms with Gasteiger partial charge in [-0.3, -0.25) is 4.79 Å². The molecule has 1 aromatic rings. The second-order valence-corrected chi connectivity index (χ2v) is 4.87. The van der Waals surface area contributed by atoms with Crippen LogP contribution in [-0.2, 0) is 4.79 Å². The summed E-state index contributed by atoms with van der Waals surface area (Å²) in [4.78, 5) is 13.0. The van der Waals surface area contributed by atoms with Crippen molar-refractivity contribution in [3.63, 3.8) is 0 Å². The summed E-state index contributed by atoms with van der Waals surface area (Å²) in [6, 6.07) is 4.21. The first-order chi connectivity index (χ1) is 7.27. The molecule has 1 aromatic heterocycles. The number of thiophene rings is 1. The fourth-order valence-electron chi connectivity index (χ4n) is 1.83. The van der Waals surface area contributed by atoms with Crippen LogP contribution in [0.3, 0.4) is 0 Å². The Hall–Kier alpha value is -0.870. The summed E-state index contributed by atoms with van der Waals surface area (Å²) >= 11 is 1.68. The van der Waals surface area contributed by atoms with E-state index in [1.807, 2.05) is 18.4 Å². The molecule has 0 spiro atoms. The Labute approximate surface area is 93.9 Å². The summed E-state index contributed by atoms with van der Waals surface area (Å²) in [6.45, 7) is 2.99. The van der Waals surface area contributed by atoms with Gasteiger partial charge in [-0.1, -0.05) is 6.07 Å². The Bertz CT molecular complexity index is 317. The van der Waals surface area contributed by atoms with Crippen molar-refractivity contribution in [2.75, 3.05) is 6.54 Å². The summed E-state index contributed by atoms with van der Waals surface area (Å²) in [5, 5.41) is 8.27. The van der Waals surface area contributed by atoms with Crippen molar-refractivity contribution in [2.45, 2.75) is 31.8 Å². The van der Waals surface area contributed by atoms with Crippen LogP contribution in [0.1, 0.15) is 30.7 Å². The third kappa shape index (κ3) is 2.58. The van der Waals surface area contributed by atoms with Crippen LogP contribution in [0.5, 0.6) is 0 Å². The molecule has 0 aromatic carbocycles. The fourth-order valence-corrected chi connectivity index (χ4v) is 2.57. The maximum absolute atomic E-state index is 11.8. The highest BCUT2D eigenvalue weighted by Crippen LogP contribution is 2.18. The number of hydrogen-bond donors (Lipinski definition) is 2. The van der Waals surface area contributed by atoms with Gasteiger partial charge < -0.3 is 10.6 Å². The van der Waals surface area contributed by atoms with Crippen LogP contribution >= 0.6 is 11.3 Å². The smallest absolute Gasteiger partial charge is 0.237 e. The fraction of sp³-hybridized carbons (Fsp3) is 0.545. The van der Waals surface area contributed by atoms with Gasteiger partial charge in [-0.05, 0) is 37.8 Å². The lowest BCUT2D eigenvalue weighted by Gasteiger charge is -2.15. The van der Waals surface area contributed by atoms with Gasteiger partial charge >= 0.3 is 0 Å². The minimum atomic E-state index is 0.0208. The highest BCUT2D eigenvalue weighted by Gasteiger charge is 2.23. The summed E-state index contributed by atoms with van der Waals surface area (Å²) < 4.78 is 0. The predicted molar refractivity (Wildman–Crippen MR) is 61.9 cm³/mol. The minimum Gasteiger partial charge on any atom is -0.347 e. The maximum Gasteiger partial charge on any atom is 0.237 e. The monoisotopic (exact) mass is 224 g/mol. The first-order valence-electron chi connectivity index (χ1n) is 5.34. The van der Waals surface area contributed by atoms with Crippen molar-refractivity contribution in [3.05, 3.63) is 22.4 Å². The molecular weight excluding hydrogens is 208 g/mol. The van der Waals surface area contributed by atoms with Crippen LogP contribution in [0.2, 0.25) is 0 Å². The third-order valence-electron chi connectivity index (χ3n) is 2.71. The standard InChI is InChI=1S/C11H16N2OS/c1-8(10-5-3-7-15-10)13-11(14)9-4-2-6-12-9/h3,5,7-9,12H,2,4,6H2,1H3,(H,13,14)/t8-,9-/m0/s1. The molecule has 4 heteroatoms. The lowest BCUT2D eigenvalue weighted by atomic mass is 10.2. The molecule has 0 bridgehead atoms. The average Bonchev–Trinajstić information content (AvgIpc) is 2.91. The lowest BCUT2D eigenvalue weighted by molar-refractivity contribution is -0.123. The molecule has 1 saturated heterocycles. The van der Waals surface area contributed by atoms with Gasteiger partial charge in [0.05, 0.1) is 12.1 Å². The topological polar surface area (TPSA) is 41.1 Å². The Balaban J connectivity index is 1.88. The molecule has 1 fully saturated rings. The Morgan fingerprint density at radius 1 is 1.73 bits per heavy atom. The van der Waals surface area contributed by atoms with E-state index in [4.69, 9.17) is 0 Å². The molecule has 0 radical (unpaired) electrons. The van der Waals surface area contributed by atoms with Gasteiger partial charge in [0.25, 0.3) is 0 Å². The summed E-state index contributed by atoms with van der Waals surface area (Å²) in [5.41, 5.74) is 0. The van der Waals surface area contributed by atoms with Crippen LogP contribution in [0.25, 0.3) is 0 Å². The number of amides is 1. The van der Waals surface area contributed by atoms with E-state index in [0.29, 0.717) is 0 Å². The van der Waals surface area contributed by atoms with E-state index in [2.05, 4.69) is 16.7 Å². The third-order valence-corrected chi connectivity index (χ3v) is 3.76. The zero-order valence-electron chi connectivity index (χ0n) is 8.82. The van der Waals surface area contributed by atoms with Gasteiger partial charge in [-0.15, -0.1) is 11.3 Å². The molecule has 1 aliphatic rings. The van der Waals surface area contributed by atoms with E-state index in [-0.39, 0.29) is 18.0 Å². The van der Waals surface area contributed by atoms with Gasteiger partial charge in [0, 0.05) is 4.88 Å². The van der Waals surface area contributed by atoms with Crippen LogP contribution in [0.15, 0.2) is 17.5 Å². The molecule has 2 heterocycles. The van der Waals surface area contributed by atoms with Gasteiger partial charge in [0.1, 0.15) is 0 Å². The first-order valence-corrected chi connectivity index (χ1v) is 6.22. The lowest BCUT2D eigenvalue weighted by Crippen LogP contribution is -2.41. The minimum absolute atomic E-state index is 0.0208. The van der Waals surface area contributed by atoms with E-state index in [9.17, 15) is 4.79 Å². The quantitative estimate of drug-likeness (QED) is 0.820. The molecule has 0 saturated carbocycles. The Kier molecular flexibility index (Phi) is 3.38. The molecule has 0 unspecified atom stereocenters. The van der Waals surface area contributed by atoms with E-state index in [0.717, 1.165) is 19.4 Å². The van der Waals surface area contributed by atoms with Crippen molar-refractivity contribution < 1.29 is 4.79 Å². The van der Waals surface area contributed by atoms with Crippen molar-refractivity contribution >= 4 is 17.2 Å². The number of carbonyl (C=O) groups is 1. The molecule has 15 heavy (non-hydrogen) atoms. The van der Waals surface area contributed by atoms with Crippen molar-refractivity contribution in [2.24, 2.45) is 0 Å². The average molecular weight is 224 g/mol. The summed E-state index contributed by atoms with van der Waals surface area (Å²) in [7, 11) is 0. The maximum atomic E-state index is 11.8. The Morgan fingerprint density at radius 2 is 2.60 bits per heavy atom. The summed E-state index contributed by atoms with van der Waals surface area (Å²) in [6.07, 6.45) is 2.06. The largest absolute Gasteiger partial charge is 0.347 e. The van der Waals surface area contributed by atoms with Crippen molar-refractivity contribution in [1.82, 2.24) is 10.6 Å². The summed E-state index contributed by atoms with van der Waals surface area (Å²) in [5.74, 6) is 0.133. The van der Waals surface area contributed by atoms with E-state index < -0.39 is 0 Å². The van der Waals surface area contributed by atoms with Gasteiger partial charge in [0.2, 0.25) is 5.91 Å². The molecule has 1 amide bonds. The van der Waals surface area contributed by atoms with Gasteiger partial charge in [-0.25, -0.2) is 0 Å². The highest BCUT2D eigenvalue weighted by molar-refractivity contribution is 7.10. The van der Waals surface area contributed by atoms with E-state index in [1.165, 1.54) is 4.88 Å². The normalized spacial score (nSPS) is 22.6. The zero-order valence-corrected chi connectivity index (χ0v) is 9.64. The van der Waals surface area contributed by atoms with Crippen LogP contribution in [0, 0.1) is 0 Å². The van der Waals surface area contributed by atoms with Crippen LogP contribution in [-0.4, -0.2) is 18.5 Å². The highest BCUT2D eigenvalue weighted by atomic mass is 32.1. The number of carbonyl (C=O) groups excluding carboxylic acids is 1. The molecule has 2 N–H and O–H groups in total. The molecule has 2 atom stereocenters. The van der Waals surface area contributed by atoms with Crippen molar-refractivity contribution in [3.8, 4) is 0 Å². The van der Waals surface area contributed by atoms with E-state index in [1.54, 1.807) is 11.3 Å². The van der Waals surface area contributed by atoms with Gasteiger partial charge in [0.15, 0.2) is 0 Å². The molecular formula is C11H16N2OS. The van der Waals surface area contributed by atoms with Crippen LogP contribution in [0.4, 0.5) is 0 Å². The second kappa shape index (κ2) is 4.77. The van der Waals surface area contributed by atoms with Gasteiger partial charge in [-0.2, -0.15) is 0 Å². The predicted octanol–water partition coefficient (Wildman–Crippen LogP) is 1.68. The molecule has 0 aliphatic carbocycles. The number of rotatable bonds is 3. The number of hydrogen-bond acceptors (Lipinski definition) is 3. The molecule has 3 nitrogen and oxygen atoms in total. The molecule has 1 aliphatic heterocycles. The zero-order chi connectivity index (χ0) is 10.7. The second-order valence-electron chi connectivity index (χ2n) is 3.89. The number of nitrogens with one attached hydrogen (secondary N) is 2. The Morgan fingerprint density at radius 3 is 3.20 bits per heavy atom. The SMILES string of the molecule is C[C@H](NC(=O)[C@@H]1CCCN1)c1cccs1. The van der Waals surface area contributed by atoms with E-state index >= 15 is 0 Å². The van der Waals surface area contributed by atoms with Crippen LogP contribution < -0.4 is 10.6 Å². The van der Waals surface area contributed by atoms with Crippen molar-refractivity contribution in [1.29, 1.82) is 0 Å². The molecule has 82 valence electrons.